The van der Waals surface area contributed by atoms with Crippen molar-refractivity contribution in [2.24, 2.45) is 0 Å². The SMILES string of the molecule is Ic1cccc2cccc(C#Cc3ccccc3)c12. The lowest BCUT2D eigenvalue weighted by molar-refractivity contribution is 1.64. The maximum atomic E-state index is 3.29. The van der Waals surface area contributed by atoms with Crippen LogP contribution in [0.25, 0.3) is 10.8 Å². The minimum Gasteiger partial charge on any atom is -0.0622 e. The Labute approximate surface area is 126 Å². The van der Waals surface area contributed by atoms with E-state index in [4.69, 9.17) is 0 Å². The molecule has 0 aliphatic heterocycles. The van der Waals surface area contributed by atoms with E-state index in [1.54, 1.807) is 0 Å². The number of hydrogen-bond donors (Lipinski definition) is 0. The van der Waals surface area contributed by atoms with Gasteiger partial charge in [-0.3, -0.25) is 0 Å². The van der Waals surface area contributed by atoms with Crippen LogP contribution in [0.4, 0.5) is 0 Å². The van der Waals surface area contributed by atoms with E-state index in [-0.39, 0.29) is 0 Å². The maximum Gasteiger partial charge on any atom is 0.0338 e. The molecule has 0 unspecified atom stereocenters. The molecule has 0 bridgehead atoms. The van der Waals surface area contributed by atoms with Gasteiger partial charge in [0.15, 0.2) is 0 Å². The summed E-state index contributed by atoms with van der Waals surface area (Å²) in [5.41, 5.74) is 2.14. The summed E-state index contributed by atoms with van der Waals surface area (Å²) >= 11 is 2.37. The minimum atomic E-state index is 1.05. The Bertz CT molecular complexity index is 772. The number of benzene rings is 3. The Morgan fingerprint density at radius 1 is 0.684 bits per heavy atom. The minimum absolute atomic E-state index is 1.05. The number of fused-ring (bicyclic) bond motifs is 1. The van der Waals surface area contributed by atoms with Crippen LogP contribution in [0, 0.1) is 15.4 Å². The molecule has 0 aliphatic carbocycles. The quantitative estimate of drug-likeness (QED) is 0.400. The highest BCUT2D eigenvalue weighted by Gasteiger charge is 2.01. The van der Waals surface area contributed by atoms with Gasteiger partial charge in [-0.15, -0.1) is 0 Å². The predicted octanol–water partition coefficient (Wildman–Crippen LogP) is 4.84. The van der Waals surface area contributed by atoms with E-state index < -0.39 is 0 Å². The van der Waals surface area contributed by atoms with Gasteiger partial charge in [0.05, 0.1) is 0 Å². The molecule has 90 valence electrons. The van der Waals surface area contributed by atoms with Crippen LogP contribution in [0.5, 0.6) is 0 Å². The molecule has 19 heavy (non-hydrogen) atoms. The van der Waals surface area contributed by atoms with Gasteiger partial charge in [-0.1, -0.05) is 54.3 Å². The van der Waals surface area contributed by atoms with Gasteiger partial charge in [-0.05, 0) is 52.2 Å². The van der Waals surface area contributed by atoms with Crippen LogP contribution in [0.3, 0.4) is 0 Å². The van der Waals surface area contributed by atoms with Crippen molar-refractivity contribution in [2.45, 2.75) is 0 Å². The Balaban J connectivity index is 2.15. The fraction of sp³-hybridized carbons (Fsp3) is 0. The molecular weight excluding hydrogens is 343 g/mol. The first-order chi connectivity index (χ1) is 9.34. The lowest BCUT2D eigenvalue weighted by Crippen LogP contribution is -1.83. The molecule has 3 rings (SSSR count). The molecule has 0 aromatic heterocycles. The van der Waals surface area contributed by atoms with Crippen molar-refractivity contribution >= 4 is 33.4 Å². The zero-order valence-corrected chi connectivity index (χ0v) is 12.4. The molecule has 0 aliphatic rings. The number of hydrogen-bond acceptors (Lipinski definition) is 0. The molecule has 1 heteroatoms. The molecule has 0 saturated carbocycles. The third-order valence-corrected chi connectivity index (χ3v) is 3.87. The van der Waals surface area contributed by atoms with Crippen molar-refractivity contribution in [3.63, 3.8) is 0 Å². The Morgan fingerprint density at radius 2 is 1.42 bits per heavy atom. The lowest BCUT2D eigenvalue weighted by Gasteiger charge is -2.02. The van der Waals surface area contributed by atoms with Crippen molar-refractivity contribution in [2.75, 3.05) is 0 Å². The highest BCUT2D eigenvalue weighted by Crippen LogP contribution is 2.23. The molecule has 3 aromatic carbocycles. The maximum absolute atomic E-state index is 3.29. The largest absolute Gasteiger partial charge is 0.0622 e. The monoisotopic (exact) mass is 354 g/mol. The summed E-state index contributed by atoms with van der Waals surface area (Å²) in [5.74, 6) is 6.52. The van der Waals surface area contributed by atoms with Crippen molar-refractivity contribution in [3.8, 4) is 11.8 Å². The molecule has 0 spiro atoms. The fourth-order valence-electron chi connectivity index (χ4n) is 2.06. The topological polar surface area (TPSA) is 0 Å². The third-order valence-electron chi connectivity index (χ3n) is 2.97. The molecule has 3 aromatic rings. The Morgan fingerprint density at radius 3 is 2.21 bits per heavy atom. The van der Waals surface area contributed by atoms with Gasteiger partial charge in [-0.2, -0.15) is 0 Å². The average Bonchev–Trinajstić information content (AvgIpc) is 2.46. The van der Waals surface area contributed by atoms with Gasteiger partial charge in [0.2, 0.25) is 0 Å². The molecule has 0 saturated heterocycles. The van der Waals surface area contributed by atoms with Gasteiger partial charge in [0, 0.05) is 20.1 Å². The molecule has 0 radical (unpaired) electrons. The van der Waals surface area contributed by atoms with Gasteiger partial charge in [0.25, 0.3) is 0 Å². The summed E-state index contributed by atoms with van der Waals surface area (Å²) in [4.78, 5) is 0. The second kappa shape index (κ2) is 5.46. The predicted molar refractivity (Wildman–Crippen MR) is 89.1 cm³/mol. The molecule has 0 heterocycles. The lowest BCUT2D eigenvalue weighted by atomic mass is 10.0. The normalized spacial score (nSPS) is 9.95. The summed E-state index contributed by atoms with van der Waals surface area (Å²) in [7, 11) is 0. The van der Waals surface area contributed by atoms with E-state index in [1.807, 2.05) is 30.3 Å². The fourth-order valence-corrected chi connectivity index (χ4v) is 2.87. The molecule has 0 amide bonds. The van der Waals surface area contributed by atoms with E-state index in [0.717, 1.165) is 11.1 Å². The van der Waals surface area contributed by atoms with Crippen LogP contribution in [-0.4, -0.2) is 0 Å². The summed E-state index contributed by atoms with van der Waals surface area (Å²) < 4.78 is 1.24. The second-order valence-corrected chi connectivity index (χ2v) is 5.42. The summed E-state index contributed by atoms with van der Waals surface area (Å²) in [6.07, 6.45) is 0. The van der Waals surface area contributed by atoms with Crippen LogP contribution in [-0.2, 0) is 0 Å². The molecule has 0 nitrogen and oxygen atoms in total. The summed E-state index contributed by atoms with van der Waals surface area (Å²) in [6, 6.07) is 22.7. The van der Waals surface area contributed by atoms with E-state index >= 15 is 0 Å². The smallest absolute Gasteiger partial charge is 0.0338 e. The molecule has 0 N–H and O–H groups in total. The van der Waals surface area contributed by atoms with E-state index in [1.165, 1.54) is 14.3 Å². The van der Waals surface area contributed by atoms with E-state index in [9.17, 15) is 0 Å². The van der Waals surface area contributed by atoms with Gasteiger partial charge in [0.1, 0.15) is 0 Å². The first kappa shape index (κ1) is 12.3. The van der Waals surface area contributed by atoms with Crippen LogP contribution >= 0.6 is 22.6 Å². The highest BCUT2D eigenvalue weighted by molar-refractivity contribution is 14.1. The zero-order chi connectivity index (χ0) is 13.1. The van der Waals surface area contributed by atoms with Gasteiger partial charge in [-0.25, -0.2) is 0 Å². The third kappa shape index (κ3) is 2.64. The molecule has 0 atom stereocenters. The summed E-state index contributed by atoms with van der Waals surface area (Å²) in [5, 5.41) is 2.49. The van der Waals surface area contributed by atoms with Crippen LogP contribution in [0.2, 0.25) is 0 Å². The van der Waals surface area contributed by atoms with Crippen LogP contribution in [0.1, 0.15) is 11.1 Å². The molecular formula is C18H11I. The van der Waals surface area contributed by atoms with Crippen molar-refractivity contribution in [1.29, 1.82) is 0 Å². The van der Waals surface area contributed by atoms with Crippen molar-refractivity contribution in [1.82, 2.24) is 0 Å². The summed E-state index contributed by atoms with van der Waals surface area (Å²) in [6.45, 7) is 0. The van der Waals surface area contributed by atoms with Gasteiger partial charge < -0.3 is 0 Å². The number of halogens is 1. The van der Waals surface area contributed by atoms with Crippen molar-refractivity contribution in [3.05, 3.63) is 81.4 Å². The highest BCUT2D eigenvalue weighted by atomic mass is 127. The second-order valence-electron chi connectivity index (χ2n) is 4.26. The van der Waals surface area contributed by atoms with Crippen molar-refractivity contribution < 1.29 is 0 Å². The molecule has 0 fully saturated rings. The number of rotatable bonds is 0. The first-order valence-electron chi connectivity index (χ1n) is 6.09. The average molecular weight is 354 g/mol. The Kier molecular flexibility index (Phi) is 3.52. The first-order valence-corrected chi connectivity index (χ1v) is 7.17. The van der Waals surface area contributed by atoms with E-state index in [2.05, 4.69) is 70.8 Å². The van der Waals surface area contributed by atoms with Gasteiger partial charge >= 0.3 is 0 Å². The standard InChI is InChI=1S/C18H11I/c19-17-11-5-10-15-8-4-9-16(18(15)17)13-12-14-6-2-1-3-7-14/h1-11H. The van der Waals surface area contributed by atoms with E-state index in [0.29, 0.717) is 0 Å². The van der Waals surface area contributed by atoms with Crippen LogP contribution in [0.15, 0.2) is 66.7 Å². The Hall–Kier alpha value is -1.79. The zero-order valence-electron chi connectivity index (χ0n) is 10.2. The van der Waals surface area contributed by atoms with Crippen LogP contribution < -0.4 is 0 Å².